The van der Waals surface area contributed by atoms with Gasteiger partial charge in [0.15, 0.2) is 0 Å². The van der Waals surface area contributed by atoms with E-state index in [1.165, 1.54) is 10.5 Å². The molecule has 4 rings (SSSR count). The summed E-state index contributed by atoms with van der Waals surface area (Å²) in [6, 6.07) is 4.14. The maximum atomic E-state index is 13.6. The number of nitrogens with one attached hydrogen (secondary N) is 1. The van der Waals surface area contributed by atoms with Crippen LogP contribution in [0.3, 0.4) is 0 Å². The summed E-state index contributed by atoms with van der Waals surface area (Å²) in [5.41, 5.74) is 0.125. The van der Waals surface area contributed by atoms with Gasteiger partial charge < -0.3 is 15.0 Å². The van der Waals surface area contributed by atoms with E-state index in [1.54, 1.807) is 41.1 Å². The molecule has 10 nitrogen and oxygen atoms in total. The van der Waals surface area contributed by atoms with Crippen molar-refractivity contribution in [2.24, 2.45) is 0 Å². The fourth-order valence-corrected chi connectivity index (χ4v) is 5.60. The van der Waals surface area contributed by atoms with E-state index in [9.17, 15) is 19.2 Å². The smallest absolute Gasteiger partial charge is 0.308 e. The van der Waals surface area contributed by atoms with Crippen LogP contribution in [-0.4, -0.2) is 68.2 Å². The molecule has 0 bridgehead atoms. The van der Waals surface area contributed by atoms with Crippen LogP contribution in [-0.2, 0) is 19.1 Å². The Morgan fingerprint density at radius 3 is 2.83 bits per heavy atom. The van der Waals surface area contributed by atoms with Gasteiger partial charge >= 0.3 is 5.97 Å². The topological polar surface area (TPSA) is 113 Å². The number of aromatic nitrogens is 2. The number of thioether (sulfide) groups is 1. The first-order chi connectivity index (χ1) is 17.3. The summed E-state index contributed by atoms with van der Waals surface area (Å²) in [4.78, 5) is 60.1. The van der Waals surface area contributed by atoms with E-state index in [0.29, 0.717) is 28.0 Å². The van der Waals surface area contributed by atoms with E-state index in [0.717, 1.165) is 18.2 Å². The molecule has 36 heavy (non-hydrogen) atoms. The van der Waals surface area contributed by atoms with Gasteiger partial charge in [-0.3, -0.25) is 28.5 Å². The molecule has 0 aliphatic carbocycles. The number of carbonyl (C=O) groups excluding carboxylic acids is 3. The summed E-state index contributed by atoms with van der Waals surface area (Å²) >= 11 is 6.57. The first-order valence-corrected chi connectivity index (χ1v) is 13.0. The SMILES string of the molecule is CCOC(=O)C[C@H]1C(=O)NCCN1c1nc2ccccn2c(=O)c1/C=C1\SC(=S)N([C@H](C)CC)C1=O. The van der Waals surface area contributed by atoms with E-state index in [-0.39, 0.29) is 42.3 Å². The Kier molecular flexibility index (Phi) is 7.74. The number of amides is 2. The maximum absolute atomic E-state index is 13.6. The quantitative estimate of drug-likeness (QED) is 0.327. The third kappa shape index (κ3) is 4.87. The summed E-state index contributed by atoms with van der Waals surface area (Å²) in [6.07, 6.45) is 3.61. The summed E-state index contributed by atoms with van der Waals surface area (Å²) in [5.74, 6) is -0.942. The van der Waals surface area contributed by atoms with Crippen molar-refractivity contribution in [1.82, 2.24) is 19.6 Å². The summed E-state index contributed by atoms with van der Waals surface area (Å²) in [5, 5.41) is 2.76. The van der Waals surface area contributed by atoms with Crippen molar-refractivity contribution in [2.75, 3.05) is 24.6 Å². The molecule has 2 atom stereocenters. The Labute approximate surface area is 217 Å². The molecule has 2 amide bonds. The normalized spacial score (nSPS) is 20.2. The van der Waals surface area contributed by atoms with E-state index in [4.69, 9.17) is 21.9 Å². The van der Waals surface area contributed by atoms with Crippen LogP contribution in [0.15, 0.2) is 34.1 Å². The lowest BCUT2D eigenvalue weighted by atomic mass is 10.1. The Bertz CT molecular complexity index is 1320. The van der Waals surface area contributed by atoms with Gasteiger partial charge in [0.05, 0.1) is 23.5 Å². The van der Waals surface area contributed by atoms with Gasteiger partial charge in [0.25, 0.3) is 11.5 Å². The van der Waals surface area contributed by atoms with Crippen molar-refractivity contribution >= 4 is 63.6 Å². The molecule has 190 valence electrons. The number of hydrogen-bond acceptors (Lipinski definition) is 9. The van der Waals surface area contributed by atoms with Crippen LogP contribution in [0.5, 0.6) is 0 Å². The molecule has 0 saturated carbocycles. The predicted octanol–water partition coefficient (Wildman–Crippen LogP) is 1.95. The zero-order valence-corrected chi connectivity index (χ0v) is 21.9. The lowest BCUT2D eigenvalue weighted by Crippen LogP contribution is -2.57. The highest BCUT2D eigenvalue weighted by Gasteiger charge is 2.37. The van der Waals surface area contributed by atoms with Gasteiger partial charge in [-0.1, -0.05) is 37.0 Å². The van der Waals surface area contributed by atoms with Crippen LogP contribution in [0.2, 0.25) is 0 Å². The Hall–Kier alpha value is -3.25. The molecular formula is C24H27N5O5S2. The Balaban J connectivity index is 1.86. The number of ether oxygens (including phenoxy) is 1. The number of esters is 1. The van der Waals surface area contributed by atoms with Crippen LogP contribution in [0.25, 0.3) is 11.7 Å². The lowest BCUT2D eigenvalue weighted by molar-refractivity contribution is -0.145. The molecule has 0 aromatic carbocycles. The number of hydrogen-bond donors (Lipinski definition) is 1. The second-order valence-electron chi connectivity index (χ2n) is 8.40. The molecule has 0 unspecified atom stereocenters. The van der Waals surface area contributed by atoms with E-state index in [2.05, 4.69) is 5.32 Å². The second kappa shape index (κ2) is 10.8. The number of carbonyl (C=O) groups is 3. The van der Waals surface area contributed by atoms with E-state index in [1.807, 2.05) is 13.8 Å². The summed E-state index contributed by atoms with van der Waals surface area (Å²) in [7, 11) is 0. The average molecular weight is 530 g/mol. The van der Waals surface area contributed by atoms with Gasteiger partial charge in [-0.25, -0.2) is 4.98 Å². The number of anilines is 1. The monoisotopic (exact) mass is 529 g/mol. The maximum Gasteiger partial charge on any atom is 0.308 e. The van der Waals surface area contributed by atoms with Crippen molar-refractivity contribution < 1.29 is 19.1 Å². The molecule has 1 N–H and O–H groups in total. The lowest BCUT2D eigenvalue weighted by Gasteiger charge is -2.36. The molecule has 0 radical (unpaired) electrons. The molecular weight excluding hydrogens is 502 g/mol. The Morgan fingerprint density at radius 2 is 2.11 bits per heavy atom. The third-order valence-electron chi connectivity index (χ3n) is 6.15. The number of piperazine rings is 1. The van der Waals surface area contributed by atoms with Crippen LogP contribution in [0.1, 0.15) is 39.2 Å². The minimum absolute atomic E-state index is 0.0848. The van der Waals surface area contributed by atoms with Crippen LogP contribution >= 0.6 is 24.0 Å². The molecule has 2 fully saturated rings. The molecule has 2 aliphatic heterocycles. The molecule has 4 heterocycles. The van der Waals surface area contributed by atoms with Crippen LogP contribution < -0.4 is 15.8 Å². The van der Waals surface area contributed by atoms with Crippen molar-refractivity contribution in [1.29, 1.82) is 0 Å². The third-order valence-corrected chi connectivity index (χ3v) is 7.48. The molecule has 2 aromatic rings. The first kappa shape index (κ1) is 25.8. The number of thiocarbonyl (C=S) groups is 1. The Morgan fingerprint density at radius 1 is 1.33 bits per heavy atom. The number of nitrogens with zero attached hydrogens (tertiary/aromatic N) is 4. The van der Waals surface area contributed by atoms with Crippen molar-refractivity contribution in [3.8, 4) is 0 Å². The highest BCUT2D eigenvalue weighted by Crippen LogP contribution is 2.35. The number of fused-ring (bicyclic) bond motifs is 1. The molecule has 2 saturated heterocycles. The standard InChI is InChI=1S/C24H27N5O5S2/c1-4-14(3)29-23(33)17(36-24(29)35)12-15-20(26-18-8-6-7-10-28(18)22(15)32)27-11-9-25-21(31)16(27)13-19(30)34-5-2/h6-8,10,12,14,16H,4-5,9,11,13H2,1-3H3,(H,25,31)/b17-12-/t14-,16+/m1/s1. The van der Waals surface area contributed by atoms with E-state index >= 15 is 0 Å². The van der Waals surface area contributed by atoms with Gasteiger partial charge in [-0.15, -0.1) is 0 Å². The minimum atomic E-state index is -0.919. The zero-order valence-electron chi connectivity index (χ0n) is 20.2. The van der Waals surface area contributed by atoms with Crippen molar-refractivity contribution in [3.05, 3.63) is 45.2 Å². The van der Waals surface area contributed by atoms with Gasteiger partial charge in [0.2, 0.25) is 5.91 Å². The van der Waals surface area contributed by atoms with Gasteiger partial charge in [0, 0.05) is 25.3 Å². The first-order valence-electron chi connectivity index (χ1n) is 11.7. The average Bonchev–Trinajstić information content (AvgIpc) is 3.14. The molecule has 2 aromatic heterocycles. The minimum Gasteiger partial charge on any atom is -0.466 e. The zero-order chi connectivity index (χ0) is 26.0. The number of rotatable bonds is 7. The fourth-order valence-electron chi connectivity index (χ4n) is 4.16. The number of pyridine rings is 1. The molecule has 2 aliphatic rings. The molecule has 0 spiro atoms. The highest BCUT2D eigenvalue weighted by molar-refractivity contribution is 8.26. The van der Waals surface area contributed by atoms with Crippen molar-refractivity contribution in [3.63, 3.8) is 0 Å². The van der Waals surface area contributed by atoms with Gasteiger partial charge in [0.1, 0.15) is 21.8 Å². The summed E-state index contributed by atoms with van der Waals surface area (Å²) < 4.78 is 6.88. The predicted molar refractivity (Wildman–Crippen MR) is 142 cm³/mol. The highest BCUT2D eigenvalue weighted by atomic mass is 32.2. The largest absolute Gasteiger partial charge is 0.466 e. The van der Waals surface area contributed by atoms with Gasteiger partial charge in [-0.05, 0) is 38.5 Å². The van der Waals surface area contributed by atoms with Crippen LogP contribution in [0, 0.1) is 0 Å². The van der Waals surface area contributed by atoms with E-state index < -0.39 is 17.6 Å². The summed E-state index contributed by atoms with van der Waals surface area (Å²) in [6.45, 7) is 6.39. The van der Waals surface area contributed by atoms with Crippen LogP contribution in [0.4, 0.5) is 5.82 Å². The molecule has 12 heteroatoms. The van der Waals surface area contributed by atoms with Gasteiger partial charge in [-0.2, -0.15) is 0 Å². The van der Waals surface area contributed by atoms with Crippen molar-refractivity contribution in [2.45, 2.75) is 45.7 Å². The fraction of sp³-hybridized carbons (Fsp3) is 0.417. The second-order valence-corrected chi connectivity index (χ2v) is 10.1.